The van der Waals surface area contributed by atoms with Crippen LogP contribution in [0.1, 0.15) is 5.56 Å². The van der Waals surface area contributed by atoms with E-state index in [1.807, 2.05) is 24.3 Å². The molecule has 1 aromatic carbocycles. The van der Waals surface area contributed by atoms with Crippen LogP contribution in [-0.4, -0.2) is 10.8 Å². The molecule has 1 aromatic heterocycles. The minimum atomic E-state index is -0.00788. The fourth-order valence-corrected chi connectivity index (χ4v) is 1.66. The van der Waals surface area contributed by atoms with Crippen molar-refractivity contribution in [3.05, 3.63) is 52.6 Å². The Bertz CT molecular complexity index is 557. The zero-order chi connectivity index (χ0) is 12.3. The summed E-state index contributed by atoms with van der Waals surface area (Å²) in [6, 6.07) is 10.7. The maximum absolute atomic E-state index is 7.33. The molecule has 5 heteroatoms. The molecule has 0 saturated carbocycles. The summed E-state index contributed by atoms with van der Waals surface area (Å²) in [6.07, 6.45) is 1.56. The van der Waals surface area contributed by atoms with Gasteiger partial charge in [-0.2, -0.15) is 0 Å². The molecule has 0 spiro atoms. The molecular weight excluding hydrogens is 282 g/mol. The normalized spacial score (nSPS) is 9.94. The Morgan fingerprint density at radius 1 is 1.29 bits per heavy atom. The van der Waals surface area contributed by atoms with Gasteiger partial charge in [0, 0.05) is 22.3 Å². The van der Waals surface area contributed by atoms with Crippen LogP contribution in [0.3, 0.4) is 0 Å². The van der Waals surface area contributed by atoms with E-state index < -0.39 is 0 Å². The molecule has 0 amide bonds. The second-order valence-electron chi connectivity index (χ2n) is 3.36. The molecule has 0 aliphatic heterocycles. The molecule has 0 aliphatic rings. The Kier molecular flexibility index (Phi) is 3.39. The van der Waals surface area contributed by atoms with Gasteiger partial charge in [-0.15, -0.1) is 0 Å². The standard InChI is InChI=1S/C12H10BrN3O/c13-9-2-1-3-10(7-9)17-11-6-8(12(14)15)4-5-16-11/h1-7H,(H3,14,15). The molecule has 1 heterocycles. The van der Waals surface area contributed by atoms with Crippen molar-refractivity contribution < 1.29 is 4.74 Å². The van der Waals surface area contributed by atoms with Crippen LogP contribution in [0.4, 0.5) is 0 Å². The number of nitrogen functional groups attached to an aromatic ring is 1. The van der Waals surface area contributed by atoms with Gasteiger partial charge < -0.3 is 10.5 Å². The zero-order valence-electron chi connectivity index (χ0n) is 8.85. The molecule has 0 fully saturated rings. The maximum Gasteiger partial charge on any atom is 0.219 e. The van der Waals surface area contributed by atoms with Crippen molar-refractivity contribution in [2.75, 3.05) is 0 Å². The predicted octanol–water partition coefficient (Wildman–Crippen LogP) is 2.92. The van der Waals surface area contributed by atoms with Gasteiger partial charge >= 0.3 is 0 Å². The number of pyridine rings is 1. The van der Waals surface area contributed by atoms with Gasteiger partial charge in [0.05, 0.1) is 0 Å². The number of benzene rings is 1. The van der Waals surface area contributed by atoms with Crippen molar-refractivity contribution in [1.82, 2.24) is 4.98 Å². The first kappa shape index (κ1) is 11.6. The van der Waals surface area contributed by atoms with Crippen LogP contribution in [-0.2, 0) is 0 Å². The first-order valence-electron chi connectivity index (χ1n) is 4.89. The van der Waals surface area contributed by atoms with Gasteiger partial charge in [0.2, 0.25) is 5.88 Å². The second-order valence-corrected chi connectivity index (χ2v) is 4.27. The number of amidine groups is 1. The summed E-state index contributed by atoms with van der Waals surface area (Å²) < 4.78 is 6.49. The molecule has 2 rings (SSSR count). The number of hydrogen-bond donors (Lipinski definition) is 2. The number of nitrogens with zero attached hydrogens (tertiary/aromatic N) is 1. The highest BCUT2D eigenvalue weighted by molar-refractivity contribution is 9.10. The van der Waals surface area contributed by atoms with Gasteiger partial charge in [-0.3, -0.25) is 5.41 Å². The molecule has 0 unspecified atom stereocenters. The SMILES string of the molecule is N=C(N)c1ccnc(Oc2cccc(Br)c2)c1. The molecule has 3 N–H and O–H groups in total. The number of nitrogens with one attached hydrogen (secondary N) is 1. The van der Waals surface area contributed by atoms with Gasteiger partial charge in [-0.25, -0.2) is 4.98 Å². The lowest BCUT2D eigenvalue weighted by atomic mass is 10.2. The quantitative estimate of drug-likeness (QED) is 0.675. The van der Waals surface area contributed by atoms with E-state index in [0.717, 1.165) is 4.47 Å². The molecule has 0 atom stereocenters. The monoisotopic (exact) mass is 291 g/mol. The van der Waals surface area contributed by atoms with Gasteiger partial charge in [0.15, 0.2) is 0 Å². The van der Waals surface area contributed by atoms with E-state index in [1.54, 1.807) is 18.3 Å². The molecule has 17 heavy (non-hydrogen) atoms. The minimum Gasteiger partial charge on any atom is -0.439 e. The summed E-state index contributed by atoms with van der Waals surface area (Å²) in [7, 11) is 0. The van der Waals surface area contributed by atoms with E-state index in [9.17, 15) is 0 Å². The van der Waals surface area contributed by atoms with E-state index >= 15 is 0 Å². The Labute approximate surface area is 107 Å². The van der Waals surface area contributed by atoms with Crippen molar-refractivity contribution in [1.29, 1.82) is 5.41 Å². The number of ether oxygens (including phenoxy) is 1. The summed E-state index contributed by atoms with van der Waals surface area (Å²) >= 11 is 3.36. The van der Waals surface area contributed by atoms with Crippen LogP contribution in [0.2, 0.25) is 0 Å². The van der Waals surface area contributed by atoms with Crippen molar-refractivity contribution in [3.8, 4) is 11.6 Å². The first-order chi connectivity index (χ1) is 8.15. The highest BCUT2D eigenvalue weighted by atomic mass is 79.9. The number of hydrogen-bond acceptors (Lipinski definition) is 3. The van der Waals surface area contributed by atoms with Crippen LogP contribution >= 0.6 is 15.9 Å². The van der Waals surface area contributed by atoms with E-state index in [0.29, 0.717) is 17.2 Å². The fourth-order valence-electron chi connectivity index (χ4n) is 1.28. The van der Waals surface area contributed by atoms with E-state index in [-0.39, 0.29) is 5.84 Å². The lowest BCUT2D eigenvalue weighted by molar-refractivity contribution is 0.462. The van der Waals surface area contributed by atoms with Gasteiger partial charge in [-0.05, 0) is 24.3 Å². The Hall–Kier alpha value is -1.88. The van der Waals surface area contributed by atoms with Crippen molar-refractivity contribution in [3.63, 3.8) is 0 Å². The molecule has 86 valence electrons. The zero-order valence-corrected chi connectivity index (χ0v) is 10.4. The van der Waals surface area contributed by atoms with Crippen molar-refractivity contribution in [2.45, 2.75) is 0 Å². The molecule has 0 bridgehead atoms. The highest BCUT2D eigenvalue weighted by Crippen LogP contribution is 2.23. The van der Waals surface area contributed by atoms with Crippen LogP contribution in [0.15, 0.2) is 47.1 Å². The largest absolute Gasteiger partial charge is 0.439 e. The molecule has 0 aliphatic carbocycles. The third-order valence-electron chi connectivity index (χ3n) is 2.06. The summed E-state index contributed by atoms with van der Waals surface area (Å²) in [6.45, 7) is 0. The highest BCUT2D eigenvalue weighted by Gasteiger charge is 2.02. The van der Waals surface area contributed by atoms with Gasteiger partial charge in [0.1, 0.15) is 11.6 Å². The predicted molar refractivity (Wildman–Crippen MR) is 69.5 cm³/mol. The average Bonchev–Trinajstić information content (AvgIpc) is 2.29. The topological polar surface area (TPSA) is 72.0 Å². The molecule has 4 nitrogen and oxygen atoms in total. The van der Waals surface area contributed by atoms with E-state index in [4.69, 9.17) is 15.9 Å². The smallest absolute Gasteiger partial charge is 0.219 e. The molecule has 2 aromatic rings. The van der Waals surface area contributed by atoms with Crippen molar-refractivity contribution in [2.24, 2.45) is 5.73 Å². The lowest BCUT2D eigenvalue weighted by Crippen LogP contribution is -2.11. The summed E-state index contributed by atoms with van der Waals surface area (Å²) in [5.74, 6) is 1.08. The molecule has 0 radical (unpaired) electrons. The number of nitrogens with two attached hydrogens (primary N) is 1. The van der Waals surface area contributed by atoms with E-state index in [1.165, 1.54) is 0 Å². The Balaban J connectivity index is 2.24. The average molecular weight is 292 g/mol. The number of rotatable bonds is 3. The summed E-state index contributed by atoms with van der Waals surface area (Å²) in [5.41, 5.74) is 5.98. The lowest BCUT2D eigenvalue weighted by Gasteiger charge is -2.06. The molecule has 0 saturated heterocycles. The number of aromatic nitrogens is 1. The van der Waals surface area contributed by atoms with Crippen LogP contribution < -0.4 is 10.5 Å². The fraction of sp³-hybridized carbons (Fsp3) is 0. The maximum atomic E-state index is 7.33. The second kappa shape index (κ2) is 4.97. The Morgan fingerprint density at radius 2 is 2.12 bits per heavy atom. The van der Waals surface area contributed by atoms with E-state index in [2.05, 4.69) is 20.9 Å². The van der Waals surface area contributed by atoms with Crippen LogP contribution in [0.5, 0.6) is 11.6 Å². The summed E-state index contributed by atoms with van der Waals surface area (Å²) in [4.78, 5) is 4.06. The van der Waals surface area contributed by atoms with Gasteiger partial charge in [-0.1, -0.05) is 22.0 Å². The van der Waals surface area contributed by atoms with Crippen LogP contribution in [0.25, 0.3) is 0 Å². The molecular formula is C12H10BrN3O. The third-order valence-corrected chi connectivity index (χ3v) is 2.56. The summed E-state index contributed by atoms with van der Waals surface area (Å²) in [5, 5.41) is 7.33. The van der Waals surface area contributed by atoms with Crippen LogP contribution in [0, 0.1) is 5.41 Å². The first-order valence-corrected chi connectivity index (χ1v) is 5.68. The third kappa shape index (κ3) is 3.04. The van der Waals surface area contributed by atoms with Crippen molar-refractivity contribution >= 4 is 21.8 Å². The van der Waals surface area contributed by atoms with Gasteiger partial charge in [0.25, 0.3) is 0 Å². The minimum absolute atomic E-state index is 0.00788. The Morgan fingerprint density at radius 3 is 2.82 bits per heavy atom. The number of halogens is 1.